The minimum Gasteiger partial charge on any atom is -0.486 e. The number of para-hydroxylation sites is 2. The van der Waals surface area contributed by atoms with Crippen LogP contribution in [0, 0.1) is 13.8 Å². The third kappa shape index (κ3) is 3.31. The van der Waals surface area contributed by atoms with Gasteiger partial charge in [0.1, 0.15) is 6.61 Å². The van der Waals surface area contributed by atoms with Crippen LogP contribution in [0.2, 0.25) is 0 Å². The lowest BCUT2D eigenvalue weighted by atomic mass is 10.1. The largest absolute Gasteiger partial charge is 0.486 e. The van der Waals surface area contributed by atoms with Crippen molar-refractivity contribution in [2.24, 2.45) is 0 Å². The van der Waals surface area contributed by atoms with E-state index in [4.69, 9.17) is 9.47 Å². The highest BCUT2D eigenvalue weighted by atomic mass is 16.6. The number of nitrogens with zero attached hydrogens (tertiary/aromatic N) is 1. The van der Waals surface area contributed by atoms with Gasteiger partial charge in [0.05, 0.1) is 6.54 Å². The van der Waals surface area contributed by atoms with E-state index in [1.54, 1.807) is 11.9 Å². The molecule has 4 nitrogen and oxygen atoms in total. The second-order valence-corrected chi connectivity index (χ2v) is 5.98. The second kappa shape index (κ2) is 6.32. The zero-order chi connectivity index (χ0) is 16.4. The van der Waals surface area contributed by atoms with E-state index in [-0.39, 0.29) is 12.0 Å². The molecule has 0 N–H and O–H groups in total. The van der Waals surface area contributed by atoms with Gasteiger partial charge in [0.15, 0.2) is 17.6 Å². The Hall–Kier alpha value is -2.49. The number of amides is 1. The highest BCUT2D eigenvalue weighted by Crippen LogP contribution is 2.31. The summed E-state index contributed by atoms with van der Waals surface area (Å²) in [5.41, 5.74) is 3.01. The van der Waals surface area contributed by atoms with Crippen molar-refractivity contribution in [1.29, 1.82) is 0 Å². The Balaban J connectivity index is 1.66. The quantitative estimate of drug-likeness (QED) is 0.873. The standard InChI is InChI=1S/C19H21NO3/c1-13-8-9-15(10-14(13)2)19(21)20(3)11-16-12-22-17-6-4-5-7-18(17)23-16/h4-10,16H,11-12H2,1-3H3. The number of carbonyl (C=O) groups excluding carboxylic acids is 1. The Morgan fingerprint density at radius 2 is 1.87 bits per heavy atom. The predicted octanol–water partition coefficient (Wildman–Crippen LogP) is 3.22. The van der Waals surface area contributed by atoms with Crippen LogP contribution >= 0.6 is 0 Å². The number of hydrogen-bond acceptors (Lipinski definition) is 3. The van der Waals surface area contributed by atoms with Crippen molar-refractivity contribution in [2.75, 3.05) is 20.2 Å². The Kier molecular flexibility index (Phi) is 4.24. The van der Waals surface area contributed by atoms with E-state index in [0.717, 1.165) is 17.1 Å². The second-order valence-electron chi connectivity index (χ2n) is 5.98. The number of benzene rings is 2. The van der Waals surface area contributed by atoms with Crippen molar-refractivity contribution in [1.82, 2.24) is 4.90 Å². The van der Waals surface area contributed by atoms with Crippen LogP contribution in [0.5, 0.6) is 11.5 Å². The smallest absolute Gasteiger partial charge is 0.253 e. The van der Waals surface area contributed by atoms with Crippen LogP contribution in [-0.4, -0.2) is 37.1 Å². The highest BCUT2D eigenvalue weighted by molar-refractivity contribution is 5.94. The summed E-state index contributed by atoms with van der Waals surface area (Å²) in [5.74, 6) is 1.48. The van der Waals surface area contributed by atoms with E-state index in [2.05, 4.69) is 0 Å². The van der Waals surface area contributed by atoms with Gasteiger partial charge in [-0.05, 0) is 49.2 Å². The van der Waals surface area contributed by atoms with Crippen molar-refractivity contribution in [3.05, 3.63) is 59.2 Å². The summed E-state index contributed by atoms with van der Waals surface area (Å²) >= 11 is 0. The van der Waals surface area contributed by atoms with Gasteiger partial charge in [0.25, 0.3) is 5.91 Å². The summed E-state index contributed by atoms with van der Waals surface area (Å²) in [6.07, 6.45) is -0.162. The molecule has 23 heavy (non-hydrogen) atoms. The van der Waals surface area contributed by atoms with Crippen molar-refractivity contribution in [3.8, 4) is 11.5 Å². The summed E-state index contributed by atoms with van der Waals surface area (Å²) in [4.78, 5) is 14.2. The first-order valence-corrected chi connectivity index (χ1v) is 7.76. The molecule has 1 amide bonds. The van der Waals surface area contributed by atoms with Crippen LogP contribution < -0.4 is 9.47 Å². The SMILES string of the molecule is Cc1ccc(C(=O)N(C)CC2COc3ccccc3O2)cc1C. The van der Waals surface area contributed by atoms with E-state index < -0.39 is 0 Å². The summed E-state index contributed by atoms with van der Waals surface area (Å²) in [5, 5.41) is 0. The van der Waals surface area contributed by atoms with Crippen LogP contribution in [-0.2, 0) is 0 Å². The van der Waals surface area contributed by atoms with Gasteiger partial charge in [-0.25, -0.2) is 0 Å². The first kappa shape index (κ1) is 15.4. The molecule has 1 heterocycles. The van der Waals surface area contributed by atoms with Gasteiger partial charge in [0, 0.05) is 12.6 Å². The molecule has 0 aromatic heterocycles. The highest BCUT2D eigenvalue weighted by Gasteiger charge is 2.24. The fraction of sp³-hybridized carbons (Fsp3) is 0.316. The van der Waals surface area contributed by atoms with Gasteiger partial charge in [-0.15, -0.1) is 0 Å². The first-order chi connectivity index (χ1) is 11.0. The topological polar surface area (TPSA) is 38.8 Å². The van der Waals surface area contributed by atoms with Crippen LogP contribution in [0.4, 0.5) is 0 Å². The number of likely N-dealkylation sites (N-methyl/N-ethyl adjacent to an activating group) is 1. The van der Waals surface area contributed by atoms with Crippen LogP contribution in [0.25, 0.3) is 0 Å². The van der Waals surface area contributed by atoms with Crippen LogP contribution in [0.15, 0.2) is 42.5 Å². The van der Waals surface area contributed by atoms with E-state index in [1.165, 1.54) is 5.56 Å². The van der Waals surface area contributed by atoms with E-state index >= 15 is 0 Å². The Morgan fingerprint density at radius 3 is 2.61 bits per heavy atom. The average Bonchev–Trinajstić information content (AvgIpc) is 2.56. The normalized spacial score (nSPS) is 16.0. The molecule has 120 valence electrons. The zero-order valence-corrected chi connectivity index (χ0v) is 13.7. The molecule has 0 aliphatic carbocycles. The van der Waals surface area contributed by atoms with Crippen LogP contribution in [0.1, 0.15) is 21.5 Å². The maximum absolute atomic E-state index is 12.6. The third-order valence-electron chi connectivity index (χ3n) is 4.15. The van der Waals surface area contributed by atoms with E-state index in [9.17, 15) is 4.79 Å². The number of aryl methyl sites for hydroxylation is 2. The molecule has 2 aromatic carbocycles. The van der Waals surface area contributed by atoms with Gasteiger partial charge < -0.3 is 14.4 Å². The lowest BCUT2D eigenvalue weighted by Gasteiger charge is -2.29. The molecule has 0 saturated carbocycles. The predicted molar refractivity (Wildman–Crippen MR) is 89.2 cm³/mol. The molecular formula is C19H21NO3. The molecule has 0 radical (unpaired) electrons. The van der Waals surface area contributed by atoms with E-state index in [0.29, 0.717) is 18.7 Å². The Bertz CT molecular complexity index is 726. The minimum absolute atomic E-state index is 0.00411. The molecule has 0 saturated heterocycles. The molecule has 3 rings (SSSR count). The Morgan fingerprint density at radius 1 is 1.13 bits per heavy atom. The number of carbonyl (C=O) groups is 1. The molecule has 1 aliphatic rings. The zero-order valence-electron chi connectivity index (χ0n) is 13.7. The summed E-state index contributed by atoms with van der Waals surface area (Å²) in [6, 6.07) is 13.4. The van der Waals surface area contributed by atoms with Crippen molar-refractivity contribution in [3.63, 3.8) is 0 Å². The number of fused-ring (bicyclic) bond motifs is 1. The van der Waals surface area contributed by atoms with Crippen molar-refractivity contribution in [2.45, 2.75) is 20.0 Å². The van der Waals surface area contributed by atoms with Gasteiger partial charge in [0.2, 0.25) is 0 Å². The number of hydrogen-bond donors (Lipinski definition) is 0. The fourth-order valence-electron chi connectivity index (χ4n) is 2.64. The lowest BCUT2D eigenvalue weighted by Crippen LogP contribution is -2.41. The van der Waals surface area contributed by atoms with Gasteiger partial charge >= 0.3 is 0 Å². The van der Waals surface area contributed by atoms with Crippen molar-refractivity contribution >= 4 is 5.91 Å². The summed E-state index contributed by atoms with van der Waals surface area (Å²) < 4.78 is 11.6. The van der Waals surface area contributed by atoms with Gasteiger partial charge in [-0.2, -0.15) is 0 Å². The monoisotopic (exact) mass is 311 g/mol. The van der Waals surface area contributed by atoms with E-state index in [1.807, 2.05) is 56.3 Å². The first-order valence-electron chi connectivity index (χ1n) is 7.76. The van der Waals surface area contributed by atoms with Crippen LogP contribution in [0.3, 0.4) is 0 Å². The summed E-state index contributed by atoms with van der Waals surface area (Å²) in [6.45, 7) is 4.99. The maximum atomic E-state index is 12.6. The van der Waals surface area contributed by atoms with Gasteiger partial charge in [-0.1, -0.05) is 18.2 Å². The molecule has 4 heteroatoms. The average molecular weight is 311 g/mol. The number of ether oxygens (including phenoxy) is 2. The maximum Gasteiger partial charge on any atom is 0.253 e. The lowest BCUT2D eigenvalue weighted by molar-refractivity contribution is 0.0521. The third-order valence-corrected chi connectivity index (χ3v) is 4.15. The molecule has 0 spiro atoms. The Labute approximate surface area is 136 Å². The number of rotatable bonds is 3. The molecule has 1 atom stereocenters. The molecule has 2 aromatic rings. The molecule has 1 aliphatic heterocycles. The molecule has 0 bridgehead atoms. The summed E-state index contributed by atoms with van der Waals surface area (Å²) in [7, 11) is 1.79. The minimum atomic E-state index is -0.162. The molecule has 1 unspecified atom stereocenters. The molecular weight excluding hydrogens is 290 g/mol. The van der Waals surface area contributed by atoms with Gasteiger partial charge in [-0.3, -0.25) is 4.79 Å². The van der Waals surface area contributed by atoms with Crippen molar-refractivity contribution < 1.29 is 14.3 Å². The fourth-order valence-corrected chi connectivity index (χ4v) is 2.64. The molecule has 0 fully saturated rings.